The smallest absolute Gasteiger partial charge is 0.333 e. The Balaban J connectivity index is 1.56. The number of halogens is 2. The van der Waals surface area contributed by atoms with Crippen molar-refractivity contribution in [3.63, 3.8) is 0 Å². The zero-order valence-electron chi connectivity index (χ0n) is 18.2. The third kappa shape index (κ3) is 3.82. The number of pyridine rings is 1. The Hall–Kier alpha value is -3.81. The van der Waals surface area contributed by atoms with Crippen LogP contribution in [-0.4, -0.2) is 27.8 Å². The lowest BCUT2D eigenvalue weighted by Crippen LogP contribution is -2.35. The Kier molecular flexibility index (Phi) is 5.08. The van der Waals surface area contributed by atoms with Crippen molar-refractivity contribution < 1.29 is 18.3 Å². The van der Waals surface area contributed by atoms with E-state index in [1.807, 2.05) is 43.3 Å². The van der Waals surface area contributed by atoms with Crippen molar-refractivity contribution in [1.82, 2.24) is 20.1 Å². The van der Waals surface area contributed by atoms with E-state index in [9.17, 15) is 13.6 Å². The molecule has 8 heteroatoms. The first-order chi connectivity index (χ1) is 15.9. The Morgan fingerprint density at radius 1 is 1.18 bits per heavy atom. The van der Waals surface area contributed by atoms with Crippen LogP contribution in [0.5, 0.6) is 5.75 Å². The zero-order valence-corrected chi connectivity index (χ0v) is 18.2. The van der Waals surface area contributed by atoms with Crippen LogP contribution in [-0.2, 0) is 5.54 Å². The number of hydrogen-bond acceptors (Lipinski definition) is 4. The molecule has 2 heterocycles. The van der Waals surface area contributed by atoms with E-state index in [0.29, 0.717) is 27.3 Å². The molecular formula is C25H22F2N4O2. The number of hydrogen-bond donors (Lipinski definition) is 1. The summed E-state index contributed by atoms with van der Waals surface area (Å²) in [7, 11) is 1.56. The lowest BCUT2D eigenvalue weighted by Gasteiger charge is -2.21. The van der Waals surface area contributed by atoms with Crippen LogP contribution >= 0.6 is 0 Å². The molecule has 2 aromatic carbocycles. The SMILES string of the molecule is COc1ccc(C)c(C(=O)NC2(c3cc(-c4ccn(C(F)F)n4)cc4ncccc34)CC2)c1. The number of nitrogens with one attached hydrogen (secondary N) is 1. The summed E-state index contributed by atoms with van der Waals surface area (Å²) < 4.78 is 32.0. The molecule has 0 unspecified atom stereocenters. The minimum atomic E-state index is -2.71. The van der Waals surface area contributed by atoms with Crippen LogP contribution < -0.4 is 10.1 Å². The van der Waals surface area contributed by atoms with Gasteiger partial charge in [0.05, 0.1) is 23.9 Å². The van der Waals surface area contributed by atoms with Gasteiger partial charge >= 0.3 is 6.55 Å². The third-order valence-electron chi connectivity index (χ3n) is 6.13. The highest BCUT2D eigenvalue weighted by Crippen LogP contribution is 2.49. The second kappa shape index (κ2) is 7.95. The number of benzene rings is 2. The number of nitrogens with zero attached hydrogens (tertiary/aromatic N) is 3. The molecule has 1 aliphatic rings. The van der Waals surface area contributed by atoms with Crippen molar-refractivity contribution in [2.45, 2.75) is 31.9 Å². The Morgan fingerprint density at radius 3 is 2.70 bits per heavy atom. The first kappa shape index (κ1) is 21.1. The Bertz CT molecular complexity index is 1360. The molecule has 0 atom stereocenters. The number of methoxy groups -OCH3 is 1. The van der Waals surface area contributed by atoms with Gasteiger partial charge in [0.15, 0.2) is 0 Å². The number of amides is 1. The van der Waals surface area contributed by atoms with Gasteiger partial charge in [-0.3, -0.25) is 9.78 Å². The molecule has 2 aromatic heterocycles. The number of fused-ring (bicyclic) bond motifs is 1. The van der Waals surface area contributed by atoms with E-state index in [1.165, 1.54) is 6.20 Å². The minimum absolute atomic E-state index is 0.187. The summed E-state index contributed by atoms with van der Waals surface area (Å²) in [6.07, 6.45) is 4.47. The maximum atomic E-state index is 13.3. The summed E-state index contributed by atoms with van der Waals surface area (Å²) in [4.78, 5) is 17.7. The summed E-state index contributed by atoms with van der Waals surface area (Å²) in [6.45, 7) is -0.829. The largest absolute Gasteiger partial charge is 0.497 e. The van der Waals surface area contributed by atoms with Crippen LogP contribution in [0.3, 0.4) is 0 Å². The lowest BCUT2D eigenvalue weighted by atomic mass is 9.95. The summed E-state index contributed by atoms with van der Waals surface area (Å²) in [5, 5.41) is 8.14. The molecular weight excluding hydrogens is 426 g/mol. The monoisotopic (exact) mass is 448 g/mol. The fourth-order valence-electron chi connectivity index (χ4n) is 4.17. The van der Waals surface area contributed by atoms with E-state index >= 15 is 0 Å². The van der Waals surface area contributed by atoms with Gasteiger partial charge in [-0.25, -0.2) is 4.68 Å². The van der Waals surface area contributed by atoms with Gasteiger partial charge in [-0.05, 0) is 67.3 Å². The van der Waals surface area contributed by atoms with Gasteiger partial charge in [0.1, 0.15) is 5.75 Å². The number of aromatic nitrogens is 3. The predicted octanol–water partition coefficient (Wildman–Crippen LogP) is 5.23. The second-order valence-corrected chi connectivity index (χ2v) is 8.27. The Labute approximate surface area is 189 Å². The number of carbonyl (C=O) groups excluding carboxylic acids is 1. The van der Waals surface area contributed by atoms with Crippen LogP contribution in [0.4, 0.5) is 8.78 Å². The molecule has 6 nitrogen and oxygen atoms in total. The highest BCUT2D eigenvalue weighted by Gasteiger charge is 2.47. The van der Waals surface area contributed by atoms with E-state index < -0.39 is 12.1 Å². The highest BCUT2D eigenvalue weighted by molar-refractivity contribution is 5.98. The first-order valence-electron chi connectivity index (χ1n) is 10.6. The van der Waals surface area contributed by atoms with Crippen molar-refractivity contribution in [3.8, 4) is 17.0 Å². The van der Waals surface area contributed by atoms with Gasteiger partial charge < -0.3 is 10.1 Å². The summed E-state index contributed by atoms with van der Waals surface area (Å²) >= 11 is 0. The van der Waals surface area contributed by atoms with Gasteiger partial charge in [-0.1, -0.05) is 12.1 Å². The third-order valence-corrected chi connectivity index (χ3v) is 6.13. The molecule has 1 fully saturated rings. The van der Waals surface area contributed by atoms with E-state index in [1.54, 1.807) is 25.4 Å². The van der Waals surface area contributed by atoms with Gasteiger partial charge in [-0.15, -0.1) is 0 Å². The fraction of sp³-hybridized carbons (Fsp3) is 0.240. The average Bonchev–Trinajstić information content (AvgIpc) is 3.41. The normalized spacial score (nSPS) is 14.5. The summed E-state index contributed by atoms with van der Waals surface area (Å²) in [5.41, 5.74) is 3.56. The van der Waals surface area contributed by atoms with E-state index in [0.717, 1.165) is 34.9 Å². The molecule has 1 saturated carbocycles. The maximum Gasteiger partial charge on any atom is 0.333 e. The van der Waals surface area contributed by atoms with Crippen molar-refractivity contribution in [2.75, 3.05) is 7.11 Å². The summed E-state index contributed by atoms with van der Waals surface area (Å²) in [5.74, 6) is 0.426. The molecule has 0 spiro atoms. The quantitative estimate of drug-likeness (QED) is 0.439. The molecule has 5 rings (SSSR count). The predicted molar refractivity (Wildman–Crippen MR) is 120 cm³/mol. The number of aryl methyl sites for hydroxylation is 1. The van der Waals surface area contributed by atoms with Crippen LogP contribution in [0.15, 0.2) is 60.9 Å². The molecule has 0 radical (unpaired) electrons. The molecule has 0 bridgehead atoms. The highest BCUT2D eigenvalue weighted by atomic mass is 19.3. The first-order valence-corrected chi connectivity index (χ1v) is 10.6. The van der Waals surface area contributed by atoms with Crippen LogP contribution in [0.2, 0.25) is 0 Å². The van der Waals surface area contributed by atoms with Crippen molar-refractivity contribution in [3.05, 3.63) is 77.6 Å². The topological polar surface area (TPSA) is 69.0 Å². The van der Waals surface area contributed by atoms with Crippen LogP contribution in [0, 0.1) is 6.92 Å². The molecule has 0 saturated heterocycles. The minimum Gasteiger partial charge on any atom is -0.497 e. The van der Waals surface area contributed by atoms with Crippen molar-refractivity contribution in [2.24, 2.45) is 0 Å². The van der Waals surface area contributed by atoms with E-state index in [4.69, 9.17) is 4.74 Å². The van der Waals surface area contributed by atoms with Crippen LogP contribution in [0.1, 0.15) is 40.9 Å². The lowest BCUT2D eigenvalue weighted by molar-refractivity contribution is 0.0568. The maximum absolute atomic E-state index is 13.3. The molecule has 168 valence electrons. The standard InChI is InChI=1S/C25H22F2N4O2/c1-15-5-6-17(33-2)14-19(15)23(32)29-25(8-9-25)20-12-16(13-22-18(20)4-3-10-28-22)21-7-11-31(30-21)24(26)27/h3-7,10-14,24H,8-9H2,1-2H3,(H,29,32). The number of alkyl halides is 2. The number of carbonyl (C=O) groups is 1. The molecule has 1 aliphatic carbocycles. The number of ether oxygens (including phenoxy) is 1. The molecule has 33 heavy (non-hydrogen) atoms. The second-order valence-electron chi connectivity index (χ2n) is 8.27. The van der Waals surface area contributed by atoms with E-state index in [-0.39, 0.29) is 5.91 Å². The van der Waals surface area contributed by atoms with E-state index in [2.05, 4.69) is 15.4 Å². The van der Waals surface area contributed by atoms with Crippen molar-refractivity contribution in [1.29, 1.82) is 0 Å². The van der Waals surface area contributed by atoms with Gasteiger partial charge in [0.25, 0.3) is 5.91 Å². The molecule has 1 amide bonds. The fourth-order valence-corrected chi connectivity index (χ4v) is 4.17. The molecule has 0 aliphatic heterocycles. The van der Waals surface area contributed by atoms with Gasteiger partial charge in [0.2, 0.25) is 0 Å². The average molecular weight is 448 g/mol. The van der Waals surface area contributed by atoms with Gasteiger partial charge in [0, 0.05) is 28.9 Å². The van der Waals surface area contributed by atoms with Crippen LogP contribution in [0.25, 0.3) is 22.2 Å². The molecule has 1 N–H and O–H groups in total. The number of rotatable bonds is 6. The van der Waals surface area contributed by atoms with Crippen molar-refractivity contribution >= 4 is 16.8 Å². The zero-order chi connectivity index (χ0) is 23.2. The summed E-state index contributed by atoms with van der Waals surface area (Å²) in [6, 6.07) is 14.5. The van der Waals surface area contributed by atoms with Gasteiger partial charge in [-0.2, -0.15) is 13.9 Å². The molecule has 4 aromatic rings. The Morgan fingerprint density at radius 2 is 2.00 bits per heavy atom.